The summed E-state index contributed by atoms with van der Waals surface area (Å²) in [6, 6.07) is 9.66. The number of rotatable bonds is 0. The quantitative estimate of drug-likeness (QED) is 0.490. The van der Waals surface area contributed by atoms with Gasteiger partial charge < -0.3 is 14.5 Å². The van der Waals surface area contributed by atoms with Crippen LogP contribution in [0.5, 0.6) is 0 Å². The third-order valence-electron chi connectivity index (χ3n) is 7.97. The number of benzene rings is 1. The second-order valence-corrected chi connectivity index (χ2v) is 9.82. The molecule has 1 aromatic carbocycles. The van der Waals surface area contributed by atoms with Gasteiger partial charge in [0.25, 0.3) is 0 Å². The van der Waals surface area contributed by atoms with Gasteiger partial charge in [-0.2, -0.15) is 0 Å². The molecule has 4 atom stereocenters. The molecule has 0 aromatic heterocycles. The fourth-order valence-electron chi connectivity index (χ4n) is 5.96. The van der Waals surface area contributed by atoms with Crippen LogP contribution in [0.15, 0.2) is 24.3 Å². The van der Waals surface area contributed by atoms with Crippen molar-refractivity contribution in [2.45, 2.75) is 88.6 Å². The van der Waals surface area contributed by atoms with E-state index in [4.69, 9.17) is 4.74 Å². The van der Waals surface area contributed by atoms with Crippen molar-refractivity contribution in [1.82, 2.24) is 4.90 Å². The monoisotopic (exact) mass is 462 g/mol. The minimum absolute atomic E-state index is 0. The third kappa shape index (κ3) is 5.66. The van der Waals surface area contributed by atoms with E-state index in [-0.39, 0.29) is 24.3 Å². The van der Waals surface area contributed by atoms with Crippen LogP contribution in [0.4, 0.5) is 5.69 Å². The Bertz CT molecular complexity index is 769. The first-order chi connectivity index (χ1) is 15.0. The zero-order valence-corrected chi connectivity index (χ0v) is 20.4. The maximum absolute atomic E-state index is 12.6. The number of carbonyl (C=O) groups is 2. The predicted octanol–water partition coefficient (Wildman–Crippen LogP) is 5.32. The lowest BCUT2D eigenvalue weighted by Crippen LogP contribution is -2.47. The molecule has 0 N–H and O–H groups in total. The number of amides is 1. The summed E-state index contributed by atoms with van der Waals surface area (Å²) >= 11 is 0. The molecule has 0 saturated carbocycles. The summed E-state index contributed by atoms with van der Waals surface area (Å²) in [5.74, 6) is 0.889. The van der Waals surface area contributed by atoms with E-state index in [0.717, 1.165) is 50.6 Å². The summed E-state index contributed by atoms with van der Waals surface area (Å²) in [5.41, 5.74) is 2.28. The number of ether oxygens (including phenoxy) is 1. The van der Waals surface area contributed by atoms with Crippen LogP contribution >= 0.6 is 12.4 Å². The first-order valence-electron chi connectivity index (χ1n) is 12.3. The normalized spacial score (nSPS) is 30.5. The van der Waals surface area contributed by atoms with E-state index in [1.165, 1.54) is 18.4 Å². The van der Waals surface area contributed by atoms with Crippen LogP contribution in [0, 0.1) is 5.92 Å². The summed E-state index contributed by atoms with van der Waals surface area (Å²) in [5, 5.41) is 0. The van der Waals surface area contributed by atoms with E-state index in [9.17, 15) is 9.59 Å². The van der Waals surface area contributed by atoms with Crippen LogP contribution < -0.4 is 4.90 Å². The topological polar surface area (TPSA) is 49.9 Å². The van der Waals surface area contributed by atoms with Gasteiger partial charge in [0.05, 0.1) is 6.61 Å². The number of hydrogen-bond donors (Lipinski definition) is 0. The zero-order chi connectivity index (χ0) is 21.8. The highest BCUT2D eigenvalue weighted by Gasteiger charge is 2.46. The zero-order valence-electron chi connectivity index (χ0n) is 19.6. The highest BCUT2D eigenvalue weighted by atomic mass is 35.5. The van der Waals surface area contributed by atoms with Crippen LogP contribution in [-0.4, -0.2) is 49.6 Å². The highest BCUT2D eigenvalue weighted by molar-refractivity contribution is 5.92. The summed E-state index contributed by atoms with van der Waals surface area (Å²) in [7, 11) is 4.12. The standard InChI is InChI=1S/C26H38N2O3.ClH/c1-27-21-15-16-24(27)23-18-31-26(30)10-8-6-4-3-5-7-9-25(29)28(2)20-13-11-19(12-14-20)22(23)17-21;/h11-14,21-24H,3-10,15-18H2,1-2H3;1H/t21-,22+,23-,24+;/m0./s1. The fraction of sp³-hybridized carbons (Fsp3) is 0.692. The molecule has 5 nitrogen and oxygen atoms in total. The Labute approximate surface area is 199 Å². The fourth-order valence-corrected chi connectivity index (χ4v) is 5.96. The first-order valence-corrected chi connectivity index (χ1v) is 12.3. The summed E-state index contributed by atoms with van der Waals surface area (Å²) < 4.78 is 5.83. The SMILES string of the molecule is CN1C(=O)CCCCCCCCC(=O)OC[C@H]2[C@H](C[C@@H]3CC[C@H]2N3C)c2ccc1cc2.Cl. The lowest BCUT2D eigenvalue weighted by atomic mass is 9.76. The lowest BCUT2D eigenvalue weighted by molar-refractivity contribution is -0.146. The number of anilines is 1. The number of esters is 1. The lowest BCUT2D eigenvalue weighted by Gasteiger charge is -2.43. The number of halogens is 1. The van der Waals surface area contributed by atoms with E-state index in [1.54, 1.807) is 4.90 Å². The maximum Gasteiger partial charge on any atom is 0.305 e. The first kappa shape index (κ1) is 25.0. The highest BCUT2D eigenvalue weighted by Crippen LogP contribution is 2.46. The van der Waals surface area contributed by atoms with Crippen molar-refractivity contribution in [3.8, 4) is 0 Å². The van der Waals surface area contributed by atoms with Crippen molar-refractivity contribution in [2.75, 3.05) is 25.6 Å². The molecular formula is C26H39ClN2O3. The number of hydrogen-bond acceptors (Lipinski definition) is 4. The molecule has 2 saturated heterocycles. The summed E-state index contributed by atoms with van der Waals surface area (Å²) in [6.45, 7) is 0.519. The van der Waals surface area contributed by atoms with Crippen molar-refractivity contribution in [3.05, 3.63) is 29.8 Å². The van der Waals surface area contributed by atoms with E-state index in [2.05, 4.69) is 36.2 Å². The molecule has 1 amide bonds. The summed E-state index contributed by atoms with van der Waals surface area (Å²) in [6.07, 6.45) is 10.9. The number of nitrogens with zero attached hydrogens (tertiary/aromatic N) is 2. The van der Waals surface area contributed by atoms with Crippen molar-refractivity contribution >= 4 is 30.0 Å². The minimum atomic E-state index is -0.0398. The molecule has 4 aliphatic rings. The molecule has 2 fully saturated rings. The molecular weight excluding hydrogens is 424 g/mol. The molecule has 178 valence electrons. The van der Waals surface area contributed by atoms with Crippen LogP contribution in [0.1, 0.15) is 82.1 Å². The maximum atomic E-state index is 12.6. The molecule has 4 heterocycles. The van der Waals surface area contributed by atoms with Gasteiger partial charge >= 0.3 is 5.97 Å². The van der Waals surface area contributed by atoms with Gasteiger partial charge in [0.1, 0.15) is 0 Å². The second-order valence-electron chi connectivity index (χ2n) is 9.82. The molecule has 32 heavy (non-hydrogen) atoms. The number of piperidine rings is 1. The van der Waals surface area contributed by atoms with Gasteiger partial charge in [0.2, 0.25) is 5.91 Å². The van der Waals surface area contributed by atoms with Gasteiger partial charge in [-0.15, -0.1) is 12.4 Å². The van der Waals surface area contributed by atoms with Crippen LogP contribution in [0.3, 0.4) is 0 Å². The van der Waals surface area contributed by atoms with Crippen molar-refractivity contribution in [1.29, 1.82) is 0 Å². The van der Waals surface area contributed by atoms with Gasteiger partial charge in [-0.25, -0.2) is 0 Å². The summed E-state index contributed by atoms with van der Waals surface area (Å²) in [4.78, 5) is 29.3. The Morgan fingerprint density at radius 2 is 1.53 bits per heavy atom. The molecule has 4 aliphatic heterocycles. The van der Waals surface area contributed by atoms with Crippen LogP contribution in [0.2, 0.25) is 0 Å². The Morgan fingerprint density at radius 3 is 2.25 bits per heavy atom. The minimum Gasteiger partial charge on any atom is -0.465 e. The largest absolute Gasteiger partial charge is 0.465 e. The van der Waals surface area contributed by atoms with Gasteiger partial charge in [0, 0.05) is 43.6 Å². The average Bonchev–Trinajstić information content (AvgIpc) is 3.02. The van der Waals surface area contributed by atoms with Gasteiger partial charge in [-0.05, 0) is 62.8 Å². The molecule has 0 spiro atoms. The Balaban J connectivity index is 0.00000289. The molecule has 1 aromatic rings. The smallest absolute Gasteiger partial charge is 0.305 e. The Kier molecular flexibility index (Phi) is 9.01. The second kappa shape index (κ2) is 11.5. The molecule has 4 bridgehead atoms. The van der Waals surface area contributed by atoms with Crippen molar-refractivity contribution in [3.63, 3.8) is 0 Å². The van der Waals surface area contributed by atoms with Crippen molar-refractivity contribution in [2.24, 2.45) is 5.92 Å². The Hall–Kier alpha value is -1.59. The van der Waals surface area contributed by atoms with E-state index in [0.29, 0.717) is 43.4 Å². The molecule has 6 heteroatoms. The number of fused-ring (bicyclic) bond motifs is 16. The molecule has 5 rings (SSSR count). The molecule has 0 aliphatic carbocycles. The predicted molar refractivity (Wildman–Crippen MR) is 130 cm³/mol. The van der Waals surface area contributed by atoms with E-state index in [1.807, 2.05) is 7.05 Å². The third-order valence-corrected chi connectivity index (χ3v) is 7.97. The van der Waals surface area contributed by atoms with Gasteiger partial charge in [-0.1, -0.05) is 37.8 Å². The van der Waals surface area contributed by atoms with Crippen LogP contribution in [-0.2, 0) is 14.3 Å². The number of carbonyl (C=O) groups excluding carboxylic acids is 2. The molecule has 0 unspecified atom stereocenters. The van der Waals surface area contributed by atoms with Gasteiger partial charge in [-0.3, -0.25) is 9.59 Å². The van der Waals surface area contributed by atoms with E-state index < -0.39 is 0 Å². The molecule has 0 radical (unpaired) electrons. The van der Waals surface area contributed by atoms with Gasteiger partial charge in [0.15, 0.2) is 0 Å². The average molecular weight is 463 g/mol. The van der Waals surface area contributed by atoms with E-state index >= 15 is 0 Å². The van der Waals surface area contributed by atoms with Crippen molar-refractivity contribution < 1.29 is 14.3 Å². The Morgan fingerprint density at radius 1 is 0.875 bits per heavy atom. The van der Waals surface area contributed by atoms with Crippen LogP contribution in [0.25, 0.3) is 0 Å².